The van der Waals surface area contributed by atoms with Crippen LogP contribution >= 0.6 is 0 Å². The van der Waals surface area contributed by atoms with Gasteiger partial charge < -0.3 is 30.1 Å². The van der Waals surface area contributed by atoms with E-state index in [1.165, 1.54) is 0 Å². The molecule has 2 saturated heterocycles. The molecule has 4 N–H and O–H groups in total. The molecule has 8 rings (SSSR count). The lowest BCUT2D eigenvalue weighted by Crippen LogP contribution is -2.41. The molecule has 16 nitrogen and oxygen atoms in total. The minimum atomic E-state index is -0.225. The summed E-state index contributed by atoms with van der Waals surface area (Å²) in [5.41, 5.74) is 3.29. The van der Waals surface area contributed by atoms with E-state index in [9.17, 15) is 9.59 Å². The van der Waals surface area contributed by atoms with Crippen molar-refractivity contribution < 1.29 is 19.1 Å². The third-order valence-corrected chi connectivity index (χ3v) is 7.68. The molecule has 0 unspecified atom stereocenters. The highest BCUT2D eigenvalue weighted by atomic mass is 16.5. The Kier molecular flexibility index (Phi) is 8.42. The molecule has 0 aromatic carbocycles. The van der Waals surface area contributed by atoms with Gasteiger partial charge in [-0.1, -0.05) is 0 Å². The SMILES string of the molecule is O=C(N[C@@H]1CCCOC1)c1nc(-n2ccnc2)nc2cc[nH]c12.O=C(N[C@H]1CCCOC1)c1nc(-n2ccnc2)nc2cc[nH]c12. The molecule has 16 heteroatoms. The molecular weight excluding hydrogens is 592 g/mol. The number of nitrogens with one attached hydrogen (secondary N) is 4. The number of imidazole rings is 2. The Labute approximate surface area is 262 Å². The Balaban J connectivity index is 0.000000147. The summed E-state index contributed by atoms with van der Waals surface area (Å²) < 4.78 is 14.2. The molecule has 6 aromatic heterocycles. The van der Waals surface area contributed by atoms with Crippen LogP contribution in [0.4, 0.5) is 0 Å². The predicted molar refractivity (Wildman–Crippen MR) is 165 cm³/mol. The van der Waals surface area contributed by atoms with E-state index in [-0.39, 0.29) is 23.9 Å². The Bertz CT molecular complexity index is 1780. The lowest BCUT2D eigenvalue weighted by molar-refractivity contribution is 0.0621. The van der Waals surface area contributed by atoms with Gasteiger partial charge in [-0.2, -0.15) is 0 Å². The normalized spacial score (nSPS) is 18.2. The van der Waals surface area contributed by atoms with Gasteiger partial charge in [0, 0.05) is 50.4 Å². The number of carbonyl (C=O) groups is 2. The van der Waals surface area contributed by atoms with Gasteiger partial charge in [-0.15, -0.1) is 0 Å². The minimum Gasteiger partial charge on any atom is -0.379 e. The molecule has 0 spiro atoms. The van der Waals surface area contributed by atoms with Crippen LogP contribution in [0.5, 0.6) is 0 Å². The summed E-state index contributed by atoms with van der Waals surface area (Å²) in [5.74, 6) is 0.382. The third kappa shape index (κ3) is 6.33. The van der Waals surface area contributed by atoms with Gasteiger partial charge in [-0.05, 0) is 37.8 Å². The molecule has 6 aromatic rings. The number of aromatic nitrogens is 10. The van der Waals surface area contributed by atoms with Gasteiger partial charge in [-0.25, -0.2) is 29.9 Å². The number of amides is 2. The Morgan fingerprint density at radius 2 is 1.20 bits per heavy atom. The lowest BCUT2D eigenvalue weighted by atomic mass is 10.1. The highest BCUT2D eigenvalue weighted by Gasteiger charge is 2.23. The average molecular weight is 625 g/mol. The second kappa shape index (κ2) is 13.3. The minimum absolute atomic E-state index is 0.0212. The quantitative estimate of drug-likeness (QED) is 0.213. The van der Waals surface area contributed by atoms with Crippen LogP contribution in [0.1, 0.15) is 46.7 Å². The summed E-state index contributed by atoms with van der Waals surface area (Å²) in [6, 6.07) is 3.68. The maximum Gasteiger partial charge on any atom is 0.272 e. The second-order valence-corrected chi connectivity index (χ2v) is 10.9. The predicted octanol–water partition coefficient (Wildman–Crippen LogP) is 2.10. The van der Waals surface area contributed by atoms with Gasteiger partial charge >= 0.3 is 0 Å². The van der Waals surface area contributed by atoms with Crippen LogP contribution in [-0.4, -0.2) is 99.3 Å². The van der Waals surface area contributed by atoms with E-state index in [4.69, 9.17) is 9.47 Å². The standard InChI is InChI=1S/2C15H16N6O2/c2*22-14(18-10-2-1-7-23-8-10)13-12-11(3-4-17-12)19-15(20-13)21-6-5-16-9-21/h2*3-6,9-10,17H,1-2,7-8H2,(H,18,22)/t2*10-/m10/s1. The molecule has 0 saturated carbocycles. The zero-order valence-electron chi connectivity index (χ0n) is 24.8. The van der Waals surface area contributed by atoms with Crippen molar-refractivity contribution in [1.29, 1.82) is 0 Å². The van der Waals surface area contributed by atoms with Gasteiger partial charge in [0.15, 0.2) is 11.4 Å². The summed E-state index contributed by atoms with van der Waals surface area (Å²) in [4.78, 5) is 57.1. The summed E-state index contributed by atoms with van der Waals surface area (Å²) >= 11 is 0. The van der Waals surface area contributed by atoms with Crippen LogP contribution in [0.3, 0.4) is 0 Å². The van der Waals surface area contributed by atoms with Crippen molar-refractivity contribution in [1.82, 2.24) is 59.6 Å². The smallest absolute Gasteiger partial charge is 0.272 e. The molecule has 2 fully saturated rings. The van der Waals surface area contributed by atoms with E-state index < -0.39 is 0 Å². The number of rotatable bonds is 6. The van der Waals surface area contributed by atoms with Crippen molar-refractivity contribution >= 4 is 33.9 Å². The average Bonchev–Trinajstić information content (AvgIpc) is 3.92. The van der Waals surface area contributed by atoms with Gasteiger partial charge in [0.2, 0.25) is 11.9 Å². The zero-order chi connectivity index (χ0) is 31.3. The molecule has 2 amide bonds. The van der Waals surface area contributed by atoms with E-state index in [2.05, 4.69) is 50.5 Å². The third-order valence-electron chi connectivity index (χ3n) is 7.68. The molecule has 2 aliphatic rings. The van der Waals surface area contributed by atoms with E-state index in [0.29, 0.717) is 58.6 Å². The van der Waals surface area contributed by atoms with Crippen LogP contribution in [0.15, 0.2) is 62.0 Å². The fourth-order valence-corrected chi connectivity index (χ4v) is 5.40. The second-order valence-electron chi connectivity index (χ2n) is 10.9. The van der Waals surface area contributed by atoms with E-state index >= 15 is 0 Å². The van der Waals surface area contributed by atoms with Gasteiger partial charge in [0.25, 0.3) is 11.8 Å². The van der Waals surface area contributed by atoms with Crippen LogP contribution in [0.2, 0.25) is 0 Å². The van der Waals surface area contributed by atoms with Crippen molar-refractivity contribution in [3.63, 3.8) is 0 Å². The first kappa shape index (κ1) is 29.2. The van der Waals surface area contributed by atoms with E-state index in [1.807, 2.05) is 12.1 Å². The lowest BCUT2D eigenvalue weighted by Gasteiger charge is -2.23. The summed E-state index contributed by atoms with van der Waals surface area (Å²) in [6.45, 7) is 2.59. The fourth-order valence-electron chi connectivity index (χ4n) is 5.40. The molecule has 0 aliphatic carbocycles. The summed E-state index contributed by atoms with van der Waals surface area (Å²) in [6.07, 6.45) is 17.2. The number of H-pyrrole nitrogens is 2. The Morgan fingerprint density at radius 1 is 0.717 bits per heavy atom. The first-order valence-electron chi connectivity index (χ1n) is 15.1. The Hall–Kier alpha value is -5.48. The maximum atomic E-state index is 12.6. The number of aromatic amines is 2. The number of hydrogen-bond acceptors (Lipinski definition) is 10. The van der Waals surface area contributed by atoms with Gasteiger partial charge in [0.05, 0.1) is 47.4 Å². The first-order chi connectivity index (χ1) is 22.6. The summed E-state index contributed by atoms with van der Waals surface area (Å²) in [5, 5.41) is 5.98. The highest BCUT2D eigenvalue weighted by Crippen LogP contribution is 2.18. The van der Waals surface area contributed by atoms with Crippen LogP contribution in [0.25, 0.3) is 34.0 Å². The first-order valence-corrected chi connectivity index (χ1v) is 15.1. The van der Waals surface area contributed by atoms with Crippen molar-refractivity contribution in [2.24, 2.45) is 0 Å². The van der Waals surface area contributed by atoms with Crippen molar-refractivity contribution in [3.05, 3.63) is 73.4 Å². The number of ether oxygens (including phenoxy) is 2. The molecule has 2 aliphatic heterocycles. The zero-order valence-corrected chi connectivity index (χ0v) is 24.8. The maximum absolute atomic E-state index is 12.6. The van der Waals surface area contributed by atoms with E-state index in [0.717, 1.165) is 38.9 Å². The number of fused-ring (bicyclic) bond motifs is 2. The molecule has 0 radical (unpaired) electrons. The largest absolute Gasteiger partial charge is 0.379 e. The van der Waals surface area contributed by atoms with Crippen molar-refractivity contribution in [3.8, 4) is 11.9 Å². The molecule has 0 bridgehead atoms. The van der Waals surface area contributed by atoms with E-state index in [1.54, 1.807) is 59.0 Å². The molecule has 236 valence electrons. The molecule has 2 atom stereocenters. The molecular formula is C30H32N12O4. The molecule has 46 heavy (non-hydrogen) atoms. The van der Waals surface area contributed by atoms with Crippen LogP contribution in [-0.2, 0) is 9.47 Å². The Morgan fingerprint density at radius 3 is 1.59 bits per heavy atom. The highest BCUT2D eigenvalue weighted by molar-refractivity contribution is 6.04. The number of nitrogens with zero attached hydrogens (tertiary/aromatic N) is 8. The monoisotopic (exact) mass is 624 g/mol. The fraction of sp³-hybridized carbons (Fsp3) is 0.333. The van der Waals surface area contributed by atoms with Crippen LogP contribution < -0.4 is 10.6 Å². The molecule has 8 heterocycles. The number of carbonyl (C=O) groups excluding carboxylic acids is 2. The topological polar surface area (TPSA) is 195 Å². The van der Waals surface area contributed by atoms with Crippen LogP contribution in [0, 0.1) is 0 Å². The summed E-state index contributed by atoms with van der Waals surface area (Å²) in [7, 11) is 0. The van der Waals surface area contributed by atoms with Gasteiger partial charge in [0.1, 0.15) is 12.7 Å². The van der Waals surface area contributed by atoms with Crippen molar-refractivity contribution in [2.75, 3.05) is 26.4 Å². The number of hydrogen-bond donors (Lipinski definition) is 4. The van der Waals surface area contributed by atoms with Gasteiger partial charge in [-0.3, -0.25) is 18.7 Å². The van der Waals surface area contributed by atoms with Crippen molar-refractivity contribution in [2.45, 2.75) is 37.8 Å².